The van der Waals surface area contributed by atoms with E-state index in [4.69, 9.17) is 14.9 Å². The second-order valence-electron chi connectivity index (χ2n) is 6.10. The van der Waals surface area contributed by atoms with Crippen LogP contribution in [0.2, 0.25) is 0 Å². The lowest BCUT2D eigenvalue weighted by Crippen LogP contribution is -2.33. The highest BCUT2D eigenvalue weighted by atomic mass is 16.6. The van der Waals surface area contributed by atoms with Crippen molar-refractivity contribution in [3.63, 3.8) is 0 Å². The van der Waals surface area contributed by atoms with E-state index in [0.717, 1.165) is 0 Å². The van der Waals surface area contributed by atoms with Gasteiger partial charge in [0, 0.05) is 19.6 Å². The standard InChI is InChI=1S/C15H23N5O6/c21-3-1-19(2-4-22)5-9-11-14(17-7-16-9)20(8-18-11)15-13(25)12(24)10(6-23)26-15/h7-8,10,12-13,15,21-25H,1-6H2/t10-,12-,13-,15-/m1/s1. The molecule has 11 heteroatoms. The molecule has 5 N–H and O–H groups in total. The van der Waals surface area contributed by atoms with E-state index < -0.39 is 31.1 Å². The first-order valence-corrected chi connectivity index (χ1v) is 8.33. The minimum absolute atomic E-state index is 0.0504. The van der Waals surface area contributed by atoms with Gasteiger partial charge in [0.25, 0.3) is 0 Å². The van der Waals surface area contributed by atoms with Crippen molar-refractivity contribution >= 4 is 11.2 Å². The molecule has 3 rings (SSSR count). The van der Waals surface area contributed by atoms with Crippen LogP contribution in [0.25, 0.3) is 11.2 Å². The monoisotopic (exact) mass is 369 g/mol. The van der Waals surface area contributed by atoms with Crippen LogP contribution in [0.1, 0.15) is 11.9 Å². The lowest BCUT2D eigenvalue weighted by Gasteiger charge is -2.20. The van der Waals surface area contributed by atoms with E-state index >= 15 is 0 Å². The SMILES string of the molecule is OCCN(CCO)Cc1ncnc2c1ncn2[C@@H]1O[C@H](CO)[C@@H](O)[C@H]1O. The van der Waals surface area contributed by atoms with Crippen molar-refractivity contribution in [1.29, 1.82) is 0 Å². The molecule has 0 bridgehead atoms. The summed E-state index contributed by atoms with van der Waals surface area (Å²) in [7, 11) is 0. The van der Waals surface area contributed by atoms with Gasteiger partial charge in [0.1, 0.15) is 30.2 Å². The van der Waals surface area contributed by atoms with Gasteiger partial charge in [-0.25, -0.2) is 15.0 Å². The second kappa shape index (κ2) is 8.31. The molecule has 0 spiro atoms. The van der Waals surface area contributed by atoms with Crippen molar-refractivity contribution in [3.8, 4) is 0 Å². The predicted molar refractivity (Wildman–Crippen MR) is 87.8 cm³/mol. The molecule has 0 aromatic carbocycles. The molecule has 1 aliphatic heterocycles. The Morgan fingerprint density at radius 2 is 1.77 bits per heavy atom. The number of hydrogen-bond acceptors (Lipinski definition) is 10. The Kier molecular flexibility index (Phi) is 6.09. The van der Waals surface area contributed by atoms with E-state index in [1.165, 1.54) is 17.2 Å². The average molecular weight is 369 g/mol. The van der Waals surface area contributed by atoms with Gasteiger partial charge in [-0.2, -0.15) is 0 Å². The predicted octanol–water partition coefficient (Wildman–Crippen LogP) is -2.78. The summed E-state index contributed by atoms with van der Waals surface area (Å²) in [6, 6.07) is 0. The van der Waals surface area contributed by atoms with Crippen molar-refractivity contribution in [2.24, 2.45) is 0 Å². The fourth-order valence-electron chi connectivity index (χ4n) is 3.08. The highest BCUT2D eigenvalue weighted by Gasteiger charge is 2.44. The number of aromatic nitrogens is 4. The van der Waals surface area contributed by atoms with Crippen LogP contribution in [0.3, 0.4) is 0 Å². The van der Waals surface area contributed by atoms with Gasteiger partial charge < -0.3 is 30.3 Å². The minimum Gasteiger partial charge on any atom is -0.395 e. The summed E-state index contributed by atoms with van der Waals surface area (Å²) >= 11 is 0. The van der Waals surface area contributed by atoms with E-state index in [-0.39, 0.29) is 13.2 Å². The van der Waals surface area contributed by atoms with Crippen LogP contribution in [0.4, 0.5) is 0 Å². The largest absolute Gasteiger partial charge is 0.395 e. The smallest absolute Gasteiger partial charge is 0.165 e. The van der Waals surface area contributed by atoms with Crippen molar-refractivity contribution in [2.75, 3.05) is 32.9 Å². The average Bonchev–Trinajstić information content (AvgIpc) is 3.18. The molecular weight excluding hydrogens is 346 g/mol. The number of imidazole rings is 1. The molecule has 0 amide bonds. The van der Waals surface area contributed by atoms with Crippen molar-refractivity contribution in [1.82, 2.24) is 24.4 Å². The summed E-state index contributed by atoms with van der Waals surface area (Å²) in [6.45, 7) is 0.589. The number of aliphatic hydroxyl groups is 5. The molecule has 4 atom stereocenters. The number of rotatable bonds is 8. The molecule has 1 fully saturated rings. The topological polar surface area (TPSA) is 157 Å². The van der Waals surface area contributed by atoms with E-state index in [1.54, 1.807) is 0 Å². The van der Waals surface area contributed by atoms with E-state index in [1.807, 2.05) is 4.90 Å². The van der Waals surface area contributed by atoms with Gasteiger partial charge >= 0.3 is 0 Å². The summed E-state index contributed by atoms with van der Waals surface area (Å²) in [5.41, 5.74) is 1.51. The summed E-state index contributed by atoms with van der Waals surface area (Å²) < 4.78 is 7.01. The van der Waals surface area contributed by atoms with Gasteiger partial charge in [0.2, 0.25) is 0 Å². The lowest BCUT2D eigenvalue weighted by molar-refractivity contribution is -0.0511. The fourth-order valence-corrected chi connectivity index (χ4v) is 3.08. The van der Waals surface area contributed by atoms with Crippen molar-refractivity contribution in [2.45, 2.75) is 31.1 Å². The summed E-state index contributed by atoms with van der Waals surface area (Å²) in [5, 5.41) is 47.7. The van der Waals surface area contributed by atoms with Gasteiger partial charge in [-0.05, 0) is 0 Å². The van der Waals surface area contributed by atoms with Crippen LogP contribution >= 0.6 is 0 Å². The summed E-state index contributed by atoms with van der Waals surface area (Å²) in [5.74, 6) is 0. The highest BCUT2D eigenvalue weighted by molar-refractivity contribution is 5.73. The molecule has 26 heavy (non-hydrogen) atoms. The third kappa shape index (κ3) is 3.55. The van der Waals surface area contributed by atoms with Crippen LogP contribution in [-0.2, 0) is 11.3 Å². The molecule has 1 aliphatic rings. The molecule has 0 unspecified atom stereocenters. The van der Waals surface area contributed by atoms with Gasteiger partial charge in [-0.1, -0.05) is 0 Å². The zero-order valence-corrected chi connectivity index (χ0v) is 14.1. The van der Waals surface area contributed by atoms with E-state index in [2.05, 4.69) is 15.0 Å². The van der Waals surface area contributed by atoms with Crippen molar-refractivity contribution in [3.05, 3.63) is 18.3 Å². The number of nitrogens with zero attached hydrogens (tertiary/aromatic N) is 5. The molecule has 2 aromatic rings. The Labute approximate surface area is 149 Å². The molecule has 11 nitrogen and oxygen atoms in total. The van der Waals surface area contributed by atoms with Crippen molar-refractivity contribution < 1.29 is 30.3 Å². The molecule has 0 aliphatic carbocycles. The van der Waals surface area contributed by atoms with E-state index in [0.29, 0.717) is 36.5 Å². The van der Waals surface area contributed by atoms with Gasteiger partial charge in [0.05, 0.1) is 31.8 Å². The number of hydrogen-bond donors (Lipinski definition) is 5. The highest BCUT2D eigenvalue weighted by Crippen LogP contribution is 2.31. The third-order valence-corrected chi connectivity index (χ3v) is 4.43. The number of ether oxygens (including phenoxy) is 1. The first-order chi connectivity index (χ1) is 12.6. The van der Waals surface area contributed by atoms with Crippen LogP contribution in [0, 0.1) is 0 Å². The first kappa shape index (κ1) is 19.0. The van der Waals surface area contributed by atoms with Gasteiger partial charge in [-0.15, -0.1) is 0 Å². The Morgan fingerprint density at radius 1 is 1.04 bits per heavy atom. The molecule has 0 saturated carbocycles. The Bertz CT molecular complexity index is 722. The Morgan fingerprint density at radius 3 is 2.38 bits per heavy atom. The quantitative estimate of drug-likeness (QED) is 0.330. The lowest BCUT2D eigenvalue weighted by atomic mass is 10.1. The molecule has 0 radical (unpaired) electrons. The van der Waals surface area contributed by atoms with Crippen LogP contribution < -0.4 is 0 Å². The zero-order valence-electron chi connectivity index (χ0n) is 14.1. The van der Waals surface area contributed by atoms with E-state index in [9.17, 15) is 15.3 Å². The summed E-state index contributed by atoms with van der Waals surface area (Å²) in [6.07, 6.45) is -1.48. The Balaban J connectivity index is 1.89. The fraction of sp³-hybridized carbons (Fsp3) is 0.667. The maximum atomic E-state index is 10.2. The maximum absolute atomic E-state index is 10.2. The van der Waals surface area contributed by atoms with Gasteiger partial charge in [0.15, 0.2) is 11.9 Å². The van der Waals surface area contributed by atoms with Crippen LogP contribution in [0.5, 0.6) is 0 Å². The number of aliphatic hydroxyl groups excluding tert-OH is 5. The molecular formula is C15H23N5O6. The molecule has 1 saturated heterocycles. The van der Waals surface area contributed by atoms with Gasteiger partial charge in [-0.3, -0.25) is 9.47 Å². The summed E-state index contributed by atoms with van der Waals surface area (Å²) in [4.78, 5) is 14.5. The molecule has 3 heterocycles. The first-order valence-electron chi connectivity index (χ1n) is 8.33. The minimum atomic E-state index is -1.23. The third-order valence-electron chi connectivity index (χ3n) is 4.43. The van der Waals surface area contributed by atoms with Crippen LogP contribution in [-0.4, -0.2) is 101 Å². The zero-order chi connectivity index (χ0) is 18.7. The van der Waals surface area contributed by atoms with Crippen LogP contribution in [0.15, 0.2) is 12.7 Å². The number of fused-ring (bicyclic) bond motifs is 1. The molecule has 144 valence electrons. The maximum Gasteiger partial charge on any atom is 0.165 e. The molecule has 2 aromatic heterocycles. The second-order valence-corrected chi connectivity index (χ2v) is 6.10. The Hall–Kier alpha value is -1.73. The normalized spacial score (nSPS) is 26.2.